The highest BCUT2D eigenvalue weighted by Crippen LogP contribution is 2.68. The molecule has 12 atom stereocenters. The van der Waals surface area contributed by atoms with E-state index in [1.165, 1.54) is 44.1 Å². The Morgan fingerprint density at radius 3 is 1.90 bits per heavy atom. The van der Waals surface area contributed by atoms with Crippen LogP contribution in [0.2, 0.25) is 24.2 Å². The van der Waals surface area contributed by atoms with Gasteiger partial charge in [-0.3, -0.25) is 0 Å². The maximum atomic E-state index is 7.09. The zero-order valence-electron chi connectivity index (χ0n) is 33.1. The van der Waals surface area contributed by atoms with Crippen molar-refractivity contribution in [2.75, 3.05) is 6.61 Å². The van der Waals surface area contributed by atoms with Crippen molar-refractivity contribution in [1.29, 1.82) is 0 Å². The predicted molar refractivity (Wildman–Crippen MR) is 210 cm³/mol. The lowest BCUT2D eigenvalue weighted by atomic mass is 9.59. The van der Waals surface area contributed by atoms with Crippen molar-refractivity contribution < 1.29 is 4.74 Å². The molecule has 0 aliphatic heterocycles. The standard InChI is InChI=1S/C46H72OSi/c1-29(2)28-47-42-40(46(8,9)10)27-39-38(41(42)33-17-14-13-15-18-33)26-31(4)44(39)48(11,12)43-30(3)25-37-35(19-16-20-36(37)43)32-21-23-34(24-22-32)45(5,6)7/h13-15,17-18,21-24,29-31,35-44H,16,19-20,25-28H2,1-12H3. The average Bonchev–Trinajstić information content (AvgIpc) is 3.54. The second-order valence-corrected chi connectivity index (χ2v) is 25.7. The third-order valence-corrected chi connectivity index (χ3v) is 20.1. The van der Waals surface area contributed by atoms with Gasteiger partial charge in [-0.1, -0.05) is 150 Å². The van der Waals surface area contributed by atoms with E-state index in [0.29, 0.717) is 23.9 Å². The molecule has 266 valence electrons. The van der Waals surface area contributed by atoms with Crippen LogP contribution in [0.1, 0.15) is 136 Å². The van der Waals surface area contributed by atoms with Crippen LogP contribution in [0.25, 0.3) is 0 Å². The summed E-state index contributed by atoms with van der Waals surface area (Å²) in [6.07, 6.45) is 8.81. The summed E-state index contributed by atoms with van der Waals surface area (Å²) in [6, 6.07) is 21.6. The second kappa shape index (κ2) is 13.6. The summed E-state index contributed by atoms with van der Waals surface area (Å²) in [6.45, 7) is 31.3. The Balaban J connectivity index is 1.33. The largest absolute Gasteiger partial charge is 0.377 e. The molecule has 0 spiro atoms. The Morgan fingerprint density at radius 2 is 1.31 bits per heavy atom. The SMILES string of the molecule is CC(C)COC1C(c2ccccc2)C2CC(C)C([Si](C)(C)C3C(C)CC4C(c5ccc(C(C)(C)C)cc5)CCCC43)C2CC1C(C)(C)C. The summed E-state index contributed by atoms with van der Waals surface area (Å²) < 4.78 is 7.09. The molecule has 12 unspecified atom stereocenters. The monoisotopic (exact) mass is 669 g/mol. The lowest BCUT2D eigenvalue weighted by Gasteiger charge is -2.54. The smallest absolute Gasteiger partial charge is 0.0679 e. The molecule has 0 aromatic heterocycles. The van der Waals surface area contributed by atoms with E-state index in [-0.39, 0.29) is 10.8 Å². The van der Waals surface area contributed by atoms with Crippen LogP contribution >= 0.6 is 0 Å². The van der Waals surface area contributed by atoms with E-state index < -0.39 is 8.07 Å². The lowest BCUT2D eigenvalue weighted by Crippen LogP contribution is -2.51. The highest BCUT2D eigenvalue weighted by Gasteiger charge is 2.62. The van der Waals surface area contributed by atoms with Gasteiger partial charge in [0.1, 0.15) is 0 Å². The fraction of sp³-hybridized carbons (Fsp3) is 0.739. The van der Waals surface area contributed by atoms with Crippen molar-refractivity contribution in [2.24, 2.45) is 52.8 Å². The first-order valence-corrected chi connectivity index (χ1v) is 23.4. The van der Waals surface area contributed by atoms with Crippen LogP contribution in [0.5, 0.6) is 0 Å². The molecule has 0 radical (unpaired) electrons. The van der Waals surface area contributed by atoms with Crippen LogP contribution in [0.3, 0.4) is 0 Å². The molecule has 4 fully saturated rings. The lowest BCUT2D eigenvalue weighted by molar-refractivity contribution is -0.0952. The van der Waals surface area contributed by atoms with Crippen LogP contribution < -0.4 is 0 Å². The van der Waals surface area contributed by atoms with Crippen LogP contribution in [0.4, 0.5) is 0 Å². The van der Waals surface area contributed by atoms with Crippen LogP contribution in [0.15, 0.2) is 54.6 Å². The summed E-state index contributed by atoms with van der Waals surface area (Å²) in [5.74, 6) is 7.44. The summed E-state index contributed by atoms with van der Waals surface area (Å²) in [4.78, 5) is 0. The van der Waals surface area contributed by atoms with Crippen molar-refractivity contribution in [1.82, 2.24) is 0 Å². The van der Waals surface area contributed by atoms with Gasteiger partial charge in [0, 0.05) is 12.5 Å². The van der Waals surface area contributed by atoms with E-state index >= 15 is 0 Å². The Morgan fingerprint density at radius 1 is 0.708 bits per heavy atom. The number of hydrogen-bond acceptors (Lipinski definition) is 1. The molecule has 0 saturated heterocycles. The van der Waals surface area contributed by atoms with E-state index in [9.17, 15) is 0 Å². The molecule has 0 N–H and O–H groups in total. The second-order valence-electron chi connectivity index (χ2n) is 20.7. The molecule has 48 heavy (non-hydrogen) atoms. The molecule has 6 rings (SSSR count). The van der Waals surface area contributed by atoms with Crippen molar-refractivity contribution in [3.63, 3.8) is 0 Å². The maximum absolute atomic E-state index is 7.09. The molecule has 0 heterocycles. The zero-order valence-corrected chi connectivity index (χ0v) is 34.1. The molecule has 0 bridgehead atoms. The first-order chi connectivity index (χ1) is 22.5. The predicted octanol–water partition coefficient (Wildman–Crippen LogP) is 13.1. The van der Waals surface area contributed by atoms with Crippen molar-refractivity contribution in [2.45, 2.75) is 155 Å². The number of fused-ring (bicyclic) bond motifs is 2. The fourth-order valence-electron chi connectivity index (χ4n) is 13.1. The molecule has 4 saturated carbocycles. The molecule has 2 aromatic carbocycles. The van der Waals surface area contributed by atoms with Gasteiger partial charge in [-0.05, 0) is 118 Å². The molecule has 0 amide bonds. The first-order valence-electron chi connectivity index (χ1n) is 20.3. The third kappa shape index (κ3) is 6.81. The Hall–Kier alpha value is -1.38. The number of benzene rings is 2. The number of ether oxygens (including phenoxy) is 1. The van der Waals surface area contributed by atoms with Crippen LogP contribution in [-0.4, -0.2) is 20.8 Å². The topological polar surface area (TPSA) is 9.23 Å². The highest BCUT2D eigenvalue weighted by atomic mass is 28.3. The molecule has 2 aromatic rings. The van der Waals surface area contributed by atoms with E-state index in [2.05, 4.69) is 137 Å². The summed E-state index contributed by atoms with van der Waals surface area (Å²) in [5.41, 5.74) is 6.96. The van der Waals surface area contributed by atoms with Gasteiger partial charge >= 0.3 is 0 Å². The molecular weight excluding hydrogens is 597 g/mol. The van der Waals surface area contributed by atoms with Gasteiger partial charge in [0.2, 0.25) is 0 Å². The minimum absolute atomic E-state index is 0.220. The van der Waals surface area contributed by atoms with Crippen molar-refractivity contribution >= 4 is 8.07 Å². The highest BCUT2D eigenvalue weighted by molar-refractivity contribution is 6.80. The summed E-state index contributed by atoms with van der Waals surface area (Å²) in [7, 11) is -1.66. The maximum Gasteiger partial charge on any atom is 0.0679 e. The number of rotatable bonds is 7. The Labute approximate surface area is 297 Å². The van der Waals surface area contributed by atoms with E-state index in [1.54, 1.807) is 11.1 Å². The van der Waals surface area contributed by atoms with Crippen LogP contribution in [0, 0.1) is 52.8 Å². The minimum atomic E-state index is -1.66. The average molecular weight is 669 g/mol. The Bertz CT molecular complexity index is 1350. The zero-order chi connectivity index (χ0) is 34.8. The molecule has 1 nitrogen and oxygen atoms in total. The van der Waals surface area contributed by atoms with E-state index in [4.69, 9.17) is 4.74 Å². The third-order valence-electron chi connectivity index (χ3n) is 14.7. The number of hydrogen-bond donors (Lipinski definition) is 0. The van der Waals surface area contributed by atoms with Gasteiger partial charge < -0.3 is 4.74 Å². The quantitative estimate of drug-likeness (QED) is 0.267. The molecule has 2 heteroatoms. The molecule has 4 aliphatic rings. The summed E-state index contributed by atoms with van der Waals surface area (Å²) >= 11 is 0. The van der Waals surface area contributed by atoms with Gasteiger partial charge in [-0.25, -0.2) is 0 Å². The Kier molecular flexibility index (Phi) is 10.3. The molecular formula is C46H72OSi. The minimum Gasteiger partial charge on any atom is -0.377 e. The van der Waals surface area contributed by atoms with Gasteiger partial charge in [0.25, 0.3) is 0 Å². The van der Waals surface area contributed by atoms with E-state index in [1.807, 2.05) is 0 Å². The van der Waals surface area contributed by atoms with Gasteiger partial charge in [-0.15, -0.1) is 0 Å². The van der Waals surface area contributed by atoms with E-state index in [0.717, 1.165) is 59.1 Å². The fourth-order valence-corrected chi connectivity index (χ4v) is 19.7. The summed E-state index contributed by atoms with van der Waals surface area (Å²) in [5, 5.41) is 0. The van der Waals surface area contributed by atoms with Crippen molar-refractivity contribution in [3.8, 4) is 0 Å². The van der Waals surface area contributed by atoms with Gasteiger partial charge in [-0.2, -0.15) is 0 Å². The van der Waals surface area contributed by atoms with Gasteiger partial charge in [0.05, 0.1) is 14.2 Å². The van der Waals surface area contributed by atoms with Gasteiger partial charge in [0.15, 0.2) is 0 Å². The van der Waals surface area contributed by atoms with Crippen molar-refractivity contribution in [3.05, 3.63) is 71.3 Å². The van der Waals surface area contributed by atoms with Crippen LogP contribution in [-0.2, 0) is 10.2 Å². The first kappa shape index (κ1) is 36.4. The normalized spacial score (nSPS) is 37.4. The molecule has 4 aliphatic carbocycles.